The fourth-order valence-electron chi connectivity index (χ4n) is 2.99. The van der Waals surface area contributed by atoms with E-state index in [1.54, 1.807) is 29.1 Å². The third kappa shape index (κ3) is 5.36. The lowest BCUT2D eigenvalue weighted by molar-refractivity contribution is -0.386. The Hall–Kier alpha value is -4.18. The smallest absolute Gasteiger partial charge is 0.310 e. The number of carbonyl (C=O) groups is 1. The van der Waals surface area contributed by atoms with Crippen LogP contribution in [0.15, 0.2) is 71.4 Å². The van der Waals surface area contributed by atoms with Crippen molar-refractivity contribution in [2.24, 2.45) is 0 Å². The van der Waals surface area contributed by atoms with E-state index in [1.807, 2.05) is 0 Å². The maximum absolute atomic E-state index is 13.2. The predicted octanol–water partition coefficient (Wildman–Crippen LogP) is 5.06. The van der Waals surface area contributed by atoms with Gasteiger partial charge in [-0.25, -0.2) is 4.39 Å². The van der Waals surface area contributed by atoms with Gasteiger partial charge in [0.1, 0.15) is 18.2 Å². The highest BCUT2D eigenvalue weighted by Gasteiger charge is 2.16. The van der Waals surface area contributed by atoms with Crippen LogP contribution in [-0.2, 0) is 13.2 Å². The fourth-order valence-corrected chi connectivity index (χ4v) is 3.22. The van der Waals surface area contributed by atoms with Crippen molar-refractivity contribution in [1.82, 2.24) is 9.78 Å². The van der Waals surface area contributed by atoms with Crippen LogP contribution in [0.25, 0.3) is 0 Å². The highest BCUT2D eigenvalue weighted by atomic mass is 35.5. The fraction of sp³-hybridized carbons (Fsp3) is 0.0909. The van der Waals surface area contributed by atoms with Gasteiger partial charge in [-0.05, 0) is 35.9 Å². The van der Waals surface area contributed by atoms with Gasteiger partial charge < -0.3 is 14.5 Å². The number of carbonyl (C=O) groups excluding carboxylic acids is 1. The van der Waals surface area contributed by atoms with Crippen molar-refractivity contribution in [2.75, 3.05) is 5.32 Å². The number of hydrogen-bond donors (Lipinski definition) is 1. The molecular weight excluding hydrogens is 455 g/mol. The summed E-state index contributed by atoms with van der Waals surface area (Å²) in [6, 6.07) is 13.1. The molecule has 0 unspecified atom stereocenters. The van der Waals surface area contributed by atoms with Gasteiger partial charge in [0.2, 0.25) is 0 Å². The van der Waals surface area contributed by atoms with Crippen LogP contribution >= 0.6 is 11.6 Å². The van der Waals surface area contributed by atoms with E-state index in [9.17, 15) is 19.3 Å². The topological polar surface area (TPSA) is 112 Å². The van der Waals surface area contributed by atoms with Gasteiger partial charge in [-0.2, -0.15) is 5.10 Å². The van der Waals surface area contributed by atoms with Crippen molar-refractivity contribution in [3.05, 3.63) is 105 Å². The molecule has 33 heavy (non-hydrogen) atoms. The number of rotatable bonds is 8. The van der Waals surface area contributed by atoms with Gasteiger partial charge in [0.05, 0.1) is 23.4 Å². The molecule has 168 valence electrons. The van der Waals surface area contributed by atoms with E-state index in [2.05, 4.69) is 10.4 Å². The molecule has 0 aliphatic heterocycles. The summed E-state index contributed by atoms with van der Waals surface area (Å²) < 4.78 is 25.7. The predicted molar refractivity (Wildman–Crippen MR) is 117 cm³/mol. The van der Waals surface area contributed by atoms with Gasteiger partial charge in [0, 0.05) is 17.3 Å². The summed E-state index contributed by atoms with van der Waals surface area (Å²) in [4.78, 5) is 23.0. The molecule has 0 saturated heterocycles. The second-order valence-corrected chi connectivity index (χ2v) is 7.30. The zero-order chi connectivity index (χ0) is 23.4. The molecular formula is C22H16ClFN4O5. The first-order valence-electron chi connectivity index (χ1n) is 9.62. The van der Waals surface area contributed by atoms with E-state index in [0.29, 0.717) is 23.6 Å². The molecule has 0 aliphatic carbocycles. The average Bonchev–Trinajstić information content (AvgIpc) is 3.44. The highest BCUT2D eigenvalue weighted by Crippen LogP contribution is 2.27. The number of nitrogens with one attached hydrogen (secondary N) is 1. The Kier molecular flexibility index (Phi) is 6.36. The normalized spacial score (nSPS) is 10.7. The van der Waals surface area contributed by atoms with Crippen LogP contribution in [-0.4, -0.2) is 20.6 Å². The van der Waals surface area contributed by atoms with Crippen molar-refractivity contribution < 1.29 is 23.3 Å². The maximum atomic E-state index is 13.2. The highest BCUT2D eigenvalue weighted by molar-refractivity contribution is 6.31. The Morgan fingerprint density at radius 1 is 1.24 bits per heavy atom. The molecule has 4 rings (SSSR count). The number of halogens is 2. The largest absolute Gasteiger partial charge is 0.479 e. The number of nitro groups is 1. The number of hydrogen-bond acceptors (Lipinski definition) is 6. The van der Waals surface area contributed by atoms with Crippen LogP contribution < -0.4 is 10.1 Å². The van der Waals surface area contributed by atoms with E-state index in [0.717, 1.165) is 0 Å². The summed E-state index contributed by atoms with van der Waals surface area (Å²) in [7, 11) is 0. The van der Waals surface area contributed by atoms with Gasteiger partial charge in [-0.3, -0.25) is 19.6 Å². The molecule has 4 aromatic rings. The van der Waals surface area contributed by atoms with E-state index >= 15 is 0 Å². The number of benzene rings is 2. The van der Waals surface area contributed by atoms with Crippen molar-refractivity contribution in [2.45, 2.75) is 13.2 Å². The Labute approximate surface area is 191 Å². The van der Waals surface area contributed by atoms with Gasteiger partial charge in [-0.15, -0.1) is 0 Å². The average molecular weight is 471 g/mol. The van der Waals surface area contributed by atoms with E-state index in [4.69, 9.17) is 20.8 Å². The second kappa shape index (κ2) is 9.53. The van der Waals surface area contributed by atoms with E-state index in [1.165, 1.54) is 42.6 Å². The lowest BCUT2D eigenvalue weighted by Gasteiger charge is -2.05. The summed E-state index contributed by atoms with van der Waals surface area (Å²) in [6.45, 7) is 0.206. The number of furan rings is 1. The van der Waals surface area contributed by atoms with Crippen molar-refractivity contribution in [1.29, 1.82) is 0 Å². The summed E-state index contributed by atoms with van der Waals surface area (Å²) in [6.07, 6.45) is 3.05. The molecule has 11 heteroatoms. The summed E-state index contributed by atoms with van der Waals surface area (Å²) in [5, 5.41) is 18.2. The van der Waals surface area contributed by atoms with E-state index in [-0.39, 0.29) is 28.8 Å². The third-order valence-corrected chi connectivity index (χ3v) is 4.91. The molecule has 0 aliphatic rings. The Morgan fingerprint density at radius 2 is 2.06 bits per heavy atom. The summed E-state index contributed by atoms with van der Waals surface area (Å²) in [5.41, 5.74) is 0.932. The number of nitrogens with zero attached hydrogens (tertiary/aromatic N) is 3. The molecule has 2 aromatic carbocycles. The molecule has 0 atom stereocenters. The van der Waals surface area contributed by atoms with Gasteiger partial charge in [0.15, 0.2) is 11.5 Å². The Bertz CT molecular complexity index is 1320. The first kappa shape index (κ1) is 22.0. The van der Waals surface area contributed by atoms with Crippen LogP contribution in [0.3, 0.4) is 0 Å². The Balaban J connectivity index is 1.36. The first-order valence-corrected chi connectivity index (χ1v) is 9.99. The number of nitro benzene ring substituents is 1. The van der Waals surface area contributed by atoms with Crippen LogP contribution in [0.2, 0.25) is 5.02 Å². The van der Waals surface area contributed by atoms with Crippen LogP contribution in [0.4, 0.5) is 15.8 Å². The molecule has 1 N–H and O–H groups in total. The van der Waals surface area contributed by atoms with E-state index < -0.39 is 16.6 Å². The zero-order valence-electron chi connectivity index (χ0n) is 16.9. The molecule has 0 fully saturated rings. The lowest BCUT2D eigenvalue weighted by atomic mass is 10.2. The van der Waals surface area contributed by atoms with Crippen LogP contribution in [0.1, 0.15) is 21.9 Å². The molecule has 1 amide bonds. The van der Waals surface area contributed by atoms with Crippen molar-refractivity contribution >= 4 is 28.9 Å². The minimum absolute atomic E-state index is 0.0329. The standard InChI is InChI=1S/C22H16ClFN4O5/c23-18-9-15(24)6-5-14(18)11-27-12-16(10-25-27)26-22(29)21-8-7-17(33-21)13-32-20-4-2-1-3-19(20)28(30)31/h1-10,12H,11,13H2,(H,26,29). The summed E-state index contributed by atoms with van der Waals surface area (Å²) >= 11 is 6.03. The number of amides is 1. The molecule has 0 bridgehead atoms. The quantitative estimate of drug-likeness (QED) is 0.284. The van der Waals surface area contributed by atoms with Crippen molar-refractivity contribution in [3.8, 4) is 5.75 Å². The minimum atomic E-state index is -0.541. The molecule has 0 saturated carbocycles. The molecule has 2 aromatic heterocycles. The number of aromatic nitrogens is 2. The lowest BCUT2D eigenvalue weighted by Crippen LogP contribution is -2.10. The maximum Gasteiger partial charge on any atom is 0.310 e. The Morgan fingerprint density at radius 3 is 2.85 bits per heavy atom. The molecule has 2 heterocycles. The second-order valence-electron chi connectivity index (χ2n) is 6.90. The number of anilines is 1. The van der Waals surface area contributed by atoms with Crippen LogP contribution in [0.5, 0.6) is 5.75 Å². The molecule has 9 nitrogen and oxygen atoms in total. The zero-order valence-corrected chi connectivity index (χ0v) is 17.7. The molecule has 0 spiro atoms. The van der Waals surface area contributed by atoms with Gasteiger partial charge >= 0.3 is 5.69 Å². The monoisotopic (exact) mass is 470 g/mol. The SMILES string of the molecule is O=C(Nc1cnn(Cc2ccc(F)cc2Cl)c1)c1ccc(COc2ccccc2[N+](=O)[O-])o1. The third-order valence-electron chi connectivity index (χ3n) is 4.56. The van der Waals surface area contributed by atoms with Gasteiger partial charge in [-0.1, -0.05) is 29.8 Å². The molecule has 0 radical (unpaired) electrons. The van der Waals surface area contributed by atoms with Crippen molar-refractivity contribution in [3.63, 3.8) is 0 Å². The first-order chi connectivity index (χ1) is 15.9. The minimum Gasteiger partial charge on any atom is -0.479 e. The van der Waals surface area contributed by atoms with Gasteiger partial charge in [0.25, 0.3) is 5.91 Å². The number of para-hydroxylation sites is 2. The summed E-state index contributed by atoms with van der Waals surface area (Å²) in [5.74, 6) is -0.488. The van der Waals surface area contributed by atoms with Crippen LogP contribution in [0, 0.1) is 15.9 Å². The number of ether oxygens (including phenoxy) is 1.